The van der Waals surface area contributed by atoms with Gasteiger partial charge >= 0.3 is 5.97 Å². The predicted molar refractivity (Wildman–Crippen MR) is 69.5 cm³/mol. The lowest BCUT2D eigenvalue weighted by Crippen LogP contribution is -2.06. The first-order chi connectivity index (χ1) is 8.58. The number of aryl methyl sites for hydroxylation is 1. The second kappa shape index (κ2) is 7.46. The lowest BCUT2D eigenvalue weighted by atomic mass is 10.0. The summed E-state index contributed by atoms with van der Waals surface area (Å²) in [5.41, 5.74) is 0.791. The molecule has 2 nitrogen and oxygen atoms in total. The topological polar surface area (TPSA) is 26.3 Å². The van der Waals surface area contributed by atoms with Crippen LogP contribution in [0.3, 0.4) is 0 Å². The molecule has 0 aliphatic carbocycles. The first kappa shape index (κ1) is 15.1. The first-order valence-electron chi connectivity index (χ1n) is 5.73. The van der Waals surface area contributed by atoms with Crippen LogP contribution in [0, 0.1) is 0 Å². The third-order valence-corrected chi connectivity index (χ3v) is 2.94. The van der Waals surface area contributed by atoms with Crippen LogP contribution >= 0.6 is 15.9 Å². The summed E-state index contributed by atoms with van der Waals surface area (Å²) in [6.07, 6.45) is -1.10. The molecule has 0 aliphatic heterocycles. The average Bonchev–Trinajstić information content (AvgIpc) is 2.36. The highest BCUT2D eigenvalue weighted by molar-refractivity contribution is 9.09. The summed E-state index contributed by atoms with van der Waals surface area (Å²) in [5, 5.41) is 0.792. The lowest BCUT2D eigenvalue weighted by molar-refractivity contribution is 0.0525. The second-order valence-corrected chi connectivity index (χ2v) is 4.57. The van der Waals surface area contributed by atoms with Gasteiger partial charge in [-0.1, -0.05) is 22.0 Å². The van der Waals surface area contributed by atoms with E-state index in [0.717, 1.165) is 17.3 Å². The molecule has 1 aromatic carbocycles. The number of hydrogen-bond acceptors (Lipinski definition) is 2. The van der Waals surface area contributed by atoms with Crippen LogP contribution < -0.4 is 0 Å². The number of carbonyl (C=O) groups excluding carboxylic acids is 1. The van der Waals surface area contributed by atoms with E-state index >= 15 is 0 Å². The maximum absolute atomic E-state index is 12.7. The van der Waals surface area contributed by atoms with Gasteiger partial charge in [0, 0.05) is 10.9 Å². The fourth-order valence-corrected chi connectivity index (χ4v) is 1.87. The molecule has 0 heterocycles. The average molecular weight is 321 g/mol. The van der Waals surface area contributed by atoms with Crippen molar-refractivity contribution >= 4 is 21.9 Å². The zero-order valence-corrected chi connectivity index (χ0v) is 11.7. The van der Waals surface area contributed by atoms with Crippen LogP contribution in [0.25, 0.3) is 0 Å². The quantitative estimate of drug-likeness (QED) is 0.582. The molecule has 0 spiro atoms. The molecular weight excluding hydrogens is 306 g/mol. The second-order valence-electron chi connectivity index (χ2n) is 3.78. The zero-order valence-electron chi connectivity index (χ0n) is 10.1. The van der Waals surface area contributed by atoms with Gasteiger partial charge in [-0.05, 0) is 37.5 Å². The fraction of sp³-hybridized carbons (Fsp3) is 0.462. The van der Waals surface area contributed by atoms with Crippen LogP contribution in [-0.4, -0.2) is 17.9 Å². The molecule has 100 valence electrons. The lowest BCUT2D eigenvalue weighted by Gasteiger charge is -2.08. The number of hydrogen-bond donors (Lipinski definition) is 0. The van der Waals surface area contributed by atoms with Crippen LogP contribution in [0.15, 0.2) is 18.2 Å². The number of esters is 1. The Morgan fingerprint density at radius 3 is 2.67 bits per heavy atom. The van der Waals surface area contributed by atoms with Gasteiger partial charge in [-0.2, -0.15) is 0 Å². The van der Waals surface area contributed by atoms with Crippen molar-refractivity contribution in [2.75, 3.05) is 11.9 Å². The molecule has 0 aromatic heterocycles. The van der Waals surface area contributed by atoms with Crippen LogP contribution in [0.1, 0.15) is 41.3 Å². The van der Waals surface area contributed by atoms with Crippen molar-refractivity contribution in [3.63, 3.8) is 0 Å². The third kappa shape index (κ3) is 4.37. The number of benzene rings is 1. The molecule has 18 heavy (non-hydrogen) atoms. The highest BCUT2D eigenvalue weighted by Gasteiger charge is 2.14. The molecule has 0 bridgehead atoms. The summed E-state index contributed by atoms with van der Waals surface area (Å²) in [6, 6.07) is 4.25. The molecule has 0 saturated carbocycles. The Bertz CT molecular complexity index is 408. The minimum absolute atomic E-state index is 0.134. The highest BCUT2D eigenvalue weighted by atomic mass is 79.9. The van der Waals surface area contributed by atoms with Gasteiger partial charge in [0.05, 0.1) is 12.2 Å². The molecule has 0 aliphatic rings. The van der Waals surface area contributed by atoms with Crippen LogP contribution in [0.5, 0.6) is 0 Å². The van der Waals surface area contributed by atoms with Crippen molar-refractivity contribution in [2.45, 2.75) is 26.2 Å². The van der Waals surface area contributed by atoms with E-state index < -0.39 is 12.4 Å². The minimum Gasteiger partial charge on any atom is -0.462 e. The van der Waals surface area contributed by atoms with Crippen molar-refractivity contribution in [2.24, 2.45) is 0 Å². The zero-order chi connectivity index (χ0) is 13.5. The predicted octanol–water partition coefficient (Wildman–Crippen LogP) is 4.13. The smallest absolute Gasteiger partial charge is 0.338 e. The minimum atomic E-state index is -2.58. The molecule has 5 heteroatoms. The maximum atomic E-state index is 12.7. The third-order valence-electron chi connectivity index (χ3n) is 2.38. The molecule has 0 unspecified atom stereocenters. The van der Waals surface area contributed by atoms with Gasteiger partial charge in [0.1, 0.15) is 0 Å². The Morgan fingerprint density at radius 1 is 1.39 bits per heavy atom. The summed E-state index contributed by atoms with van der Waals surface area (Å²) < 4.78 is 30.3. The normalized spacial score (nSPS) is 10.7. The monoisotopic (exact) mass is 320 g/mol. The summed E-state index contributed by atoms with van der Waals surface area (Å²) in [5.74, 6) is -0.555. The molecule has 0 fully saturated rings. The fourth-order valence-electron chi connectivity index (χ4n) is 1.59. The van der Waals surface area contributed by atoms with Gasteiger partial charge in [-0.15, -0.1) is 0 Å². The van der Waals surface area contributed by atoms with Crippen molar-refractivity contribution < 1.29 is 18.3 Å². The van der Waals surface area contributed by atoms with Gasteiger partial charge in [0.25, 0.3) is 6.43 Å². The van der Waals surface area contributed by atoms with Gasteiger partial charge in [0.15, 0.2) is 0 Å². The Labute approximate surface area is 113 Å². The van der Waals surface area contributed by atoms with E-state index in [-0.39, 0.29) is 17.7 Å². The molecule has 1 aromatic rings. The van der Waals surface area contributed by atoms with E-state index in [9.17, 15) is 13.6 Å². The van der Waals surface area contributed by atoms with Gasteiger partial charge in [-0.3, -0.25) is 0 Å². The Kier molecular flexibility index (Phi) is 6.25. The Balaban J connectivity index is 3.01. The Morgan fingerprint density at radius 2 is 2.11 bits per heavy atom. The van der Waals surface area contributed by atoms with Crippen molar-refractivity contribution in [3.05, 3.63) is 34.9 Å². The van der Waals surface area contributed by atoms with Crippen molar-refractivity contribution in [3.8, 4) is 0 Å². The van der Waals surface area contributed by atoms with Gasteiger partial charge < -0.3 is 4.74 Å². The van der Waals surface area contributed by atoms with Crippen molar-refractivity contribution in [1.82, 2.24) is 0 Å². The van der Waals surface area contributed by atoms with Crippen LogP contribution in [0.2, 0.25) is 0 Å². The Hall–Kier alpha value is -0.970. The summed E-state index contributed by atoms with van der Waals surface area (Å²) in [6.45, 7) is 1.91. The molecule has 0 atom stereocenters. The number of ether oxygens (including phenoxy) is 1. The van der Waals surface area contributed by atoms with E-state index in [4.69, 9.17) is 4.74 Å². The van der Waals surface area contributed by atoms with Gasteiger partial charge in [-0.25, -0.2) is 13.6 Å². The van der Waals surface area contributed by atoms with E-state index in [1.807, 2.05) is 0 Å². The number of alkyl halides is 3. The summed E-state index contributed by atoms with van der Waals surface area (Å²) >= 11 is 3.29. The summed E-state index contributed by atoms with van der Waals surface area (Å²) in [4.78, 5) is 11.6. The molecule has 0 N–H and O–H groups in total. The van der Waals surface area contributed by atoms with E-state index in [1.165, 1.54) is 12.1 Å². The molecule has 0 saturated heterocycles. The van der Waals surface area contributed by atoms with Crippen molar-refractivity contribution in [1.29, 1.82) is 0 Å². The number of carbonyl (C=O) groups is 1. The van der Waals surface area contributed by atoms with E-state index in [1.54, 1.807) is 13.0 Å². The van der Waals surface area contributed by atoms with Crippen LogP contribution in [-0.2, 0) is 11.2 Å². The number of rotatable bonds is 6. The maximum Gasteiger partial charge on any atom is 0.338 e. The highest BCUT2D eigenvalue weighted by Crippen LogP contribution is 2.23. The summed E-state index contributed by atoms with van der Waals surface area (Å²) in [7, 11) is 0. The number of halogens is 3. The van der Waals surface area contributed by atoms with Crippen LogP contribution in [0.4, 0.5) is 8.78 Å². The molecule has 1 rings (SSSR count). The SMILES string of the molecule is CCOC(=O)c1cc(CCCBr)cc(C(F)F)c1. The molecular formula is C13H15BrF2O2. The van der Waals surface area contributed by atoms with Gasteiger partial charge in [0.2, 0.25) is 0 Å². The van der Waals surface area contributed by atoms with E-state index in [0.29, 0.717) is 6.42 Å². The largest absolute Gasteiger partial charge is 0.462 e. The first-order valence-corrected chi connectivity index (χ1v) is 6.85. The molecule has 0 radical (unpaired) electrons. The molecule has 0 amide bonds. The van der Waals surface area contributed by atoms with E-state index in [2.05, 4.69) is 15.9 Å². The standard InChI is InChI=1S/C13H15BrF2O2/c1-2-18-13(17)11-7-9(4-3-5-14)6-10(8-11)12(15)16/h6-8,12H,2-5H2,1H3.